The van der Waals surface area contributed by atoms with Crippen molar-refractivity contribution in [2.75, 3.05) is 3.34 Å². The summed E-state index contributed by atoms with van der Waals surface area (Å²) in [5.74, 6) is 0. The van der Waals surface area contributed by atoms with Crippen LogP contribution >= 0.6 is 43.4 Å². The molecule has 0 rings (SSSR count). The van der Waals surface area contributed by atoms with Gasteiger partial charge < -0.3 is 0 Å². The van der Waals surface area contributed by atoms with E-state index in [2.05, 4.69) is 28.6 Å². The van der Waals surface area contributed by atoms with E-state index in [1.54, 1.807) is 0 Å². The molecule has 4 heteroatoms. The summed E-state index contributed by atoms with van der Waals surface area (Å²) in [4.78, 5) is 0. The number of hydrogen-bond donors (Lipinski definition) is 0. The number of hydrogen-bond acceptors (Lipinski definition) is 0. The Labute approximate surface area is 63.4 Å². The van der Waals surface area contributed by atoms with E-state index in [-0.39, 0.29) is 17.2 Å². The Morgan fingerprint density at radius 2 is 2.80 bits per heavy atom. The summed E-state index contributed by atoms with van der Waals surface area (Å²) in [5.41, 5.74) is 0. The molecule has 0 saturated carbocycles. The molecule has 5 heavy (non-hydrogen) atoms. The summed E-state index contributed by atoms with van der Waals surface area (Å²) in [6, 6.07) is 0. The fourth-order valence-electron chi connectivity index (χ4n) is 0.0144. The van der Waals surface area contributed by atoms with Crippen LogP contribution in [0.1, 0.15) is 0 Å². The van der Waals surface area contributed by atoms with Crippen LogP contribution in [0.2, 0.25) is 0 Å². The van der Waals surface area contributed by atoms with E-state index in [4.69, 9.17) is 0.594 Å². The van der Waals surface area contributed by atoms with Gasteiger partial charge in [0.15, 0.2) is 0 Å². The maximum atomic E-state index is 7.07. The third-order valence-corrected chi connectivity index (χ3v) is 17.9. The van der Waals surface area contributed by atoms with Gasteiger partial charge in [0, 0.05) is 0 Å². The Morgan fingerprint density at radius 3 is 2.80 bits per heavy atom. The zero-order valence-electron chi connectivity index (χ0n) is 3.22. The van der Waals surface area contributed by atoms with Crippen LogP contribution in [-0.4, -0.2) is 3.93 Å². The predicted molar refractivity (Wildman–Crippen MR) is 38.1 cm³/mol. The zero-order chi connectivity index (χ0) is 4.99. The van der Waals surface area contributed by atoms with Crippen molar-refractivity contribution < 1.29 is 17.2 Å². The molecule has 0 atom stereocenters. The molecule has 0 nitrogen and oxygen atoms in total. The Morgan fingerprint density at radius 1 is 2.20 bits per heavy atom. The number of alkyl halides is 2. The van der Waals surface area contributed by atoms with Gasteiger partial charge in [-0.3, -0.25) is 0 Å². The molecule has 0 unspecified atom stereocenters. The van der Waals surface area contributed by atoms with Gasteiger partial charge in [0.2, 0.25) is 0 Å². The Balaban J connectivity index is 2.63. The summed E-state index contributed by atoms with van der Waals surface area (Å²) in [7, 11) is 0. The van der Waals surface area contributed by atoms with Crippen LogP contribution in [0.5, 0.6) is 0 Å². The van der Waals surface area contributed by atoms with Crippen LogP contribution in [0, 0.1) is 0 Å². The topological polar surface area (TPSA) is 0 Å². The molecule has 0 aliphatic heterocycles. The van der Waals surface area contributed by atoms with Crippen molar-refractivity contribution in [3.63, 3.8) is 0 Å². The molecule has 0 N–H and O–H groups in total. The van der Waals surface area contributed by atoms with Gasteiger partial charge in [-0.15, -0.1) is 0 Å². The van der Waals surface area contributed by atoms with Crippen LogP contribution in [0.4, 0.5) is 0 Å². The molecule has 36 valence electrons. The molecule has 0 fully saturated rings. The molecule has 0 amide bonds. The van der Waals surface area contributed by atoms with Crippen molar-refractivity contribution in [1.29, 1.82) is 0.594 Å². The normalized spacial score (nSPS) is 14.8. The van der Waals surface area contributed by atoms with Gasteiger partial charge in [-0.25, -0.2) is 0 Å². The van der Waals surface area contributed by atoms with Crippen LogP contribution in [0.15, 0.2) is 0 Å². The summed E-state index contributed by atoms with van der Waals surface area (Å²) in [6.07, 6.45) is 0. The molecule has 0 spiro atoms. The van der Waals surface area contributed by atoms with Gasteiger partial charge in [0.1, 0.15) is 0 Å². The summed E-state index contributed by atoms with van der Waals surface area (Å²) in [6.45, 7) is 0. The van der Waals surface area contributed by atoms with Gasteiger partial charge in [-0.1, -0.05) is 0 Å². The third-order valence-electron chi connectivity index (χ3n) is 0.0764. The first-order valence-electron chi connectivity index (χ1n) is 1.20. The van der Waals surface area contributed by atoms with E-state index < -0.39 is 14.8 Å². The van der Waals surface area contributed by atoms with Gasteiger partial charge in [-0.05, 0) is 0 Å². The minimum atomic E-state index is -1.18. The van der Waals surface area contributed by atoms with E-state index in [0.29, 0.717) is 0 Å². The van der Waals surface area contributed by atoms with E-state index in [1.807, 2.05) is 0 Å². The van der Waals surface area contributed by atoms with Crippen LogP contribution in [0.3, 0.4) is 0 Å². The van der Waals surface area contributed by atoms with E-state index in [1.165, 1.54) is 0 Å². The standard InChI is InChI=1S/CH3Br2I2/c2-1-4-5-3/h5H,1H2/q-1/i5T. The van der Waals surface area contributed by atoms with Crippen LogP contribution in [0.25, 0.3) is 0 Å². The monoisotopic (exact) mass is 429 g/mol. The summed E-state index contributed by atoms with van der Waals surface area (Å²) >= 11 is 5.61. The average Bonchev–Trinajstić information content (AvgIpc) is 1.35. The SMILES string of the molecule is [3H]I(Br)[I-]CBr. The minimum absolute atomic E-state index is 0.225. The van der Waals surface area contributed by atoms with Gasteiger partial charge in [0.05, 0.1) is 0 Å². The molecule has 0 aromatic rings. The van der Waals surface area contributed by atoms with Crippen LogP contribution < -0.4 is 17.2 Å². The first-order chi connectivity index (χ1) is 2.77. The molecular formula is CH3Br2I2-. The Kier molecular flexibility index (Phi) is 7.13. The number of halogens is 4. The van der Waals surface area contributed by atoms with E-state index in [0.717, 1.165) is 3.34 Å². The average molecular weight is 431 g/mol. The second-order valence-electron chi connectivity index (χ2n) is 0.256. The number of rotatable bonds is 2. The summed E-state index contributed by atoms with van der Waals surface area (Å²) in [5, 5.41) is 0. The van der Waals surface area contributed by atoms with Crippen molar-refractivity contribution in [2.45, 2.75) is 0 Å². The van der Waals surface area contributed by atoms with E-state index in [9.17, 15) is 0 Å². The molecule has 0 bridgehead atoms. The first kappa shape index (κ1) is 5.55. The van der Waals surface area contributed by atoms with Crippen molar-refractivity contribution >= 4 is 43.4 Å². The molecule has 0 saturated heterocycles. The first-order valence-corrected chi connectivity index (χ1v) is 14.6. The third kappa shape index (κ3) is 6.42. The van der Waals surface area contributed by atoms with Crippen molar-refractivity contribution in [3.05, 3.63) is 0 Å². The van der Waals surface area contributed by atoms with Gasteiger partial charge in [-0.2, -0.15) is 0 Å². The van der Waals surface area contributed by atoms with Crippen molar-refractivity contribution in [3.8, 4) is 0 Å². The van der Waals surface area contributed by atoms with E-state index >= 15 is 0 Å². The molecule has 0 aliphatic carbocycles. The van der Waals surface area contributed by atoms with Gasteiger partial charge >= 0.3 is 64.6 Å². The molecular weight excluding hydrogens is 426 g/mol. The quantitative estimate of drug-likeness (QED) is 0.404. The zero-order valence-corrected chi connectivity index (χ0v) is 9.71. The molecule has 0 radical (unpaired) electrons. The predicted octanol–water partition coefficient (Wildman–Crippen LogP) is -0.644. The van der Waals surface area contributed by atoms with Crippen LogP contribution in [-0.2, 0) is 0 Å². The van der Waals surface area contributed by atoms with Crippen molar-refractivity contribution in [1.82, 2.24) is 0 Å². The molecule has 0 aromatic heterocycles. The van der Waals surface area contributed by atoms with Crippen molar-refractivity contribution in [2.24, 2.45) is 0 Å². The molecule has 0 heterocycles. The maximum absolute atomic E-state index is 7.07. The second kappa shape index (κ2) is 6.42. The second-order valence-corrected chi connectivity index (χ2v) is 20.7. The summed E-state index contributed by atoms with van der Waals surface area (Å²) < 4.78 is 8.16. The Hall–Kier alpha value is 2.42. The molecule has 0 aromatic carbocycles. The fourth-order valence-corrected chi connectivity index (χ4v) is 17.5. The molecule has 0 aliphatic rings. The fraction of sp³-hybridized carbons (Fsp3) is 1.00. The van der Waals surface area contributed by atoms with Gasteiger partial charge in [0.25, 0.3) is 0 Å². The Bertz CT molecular complexity index is 32.7.